The topological polar surface area (TPSA) is 55.2 Å². The summed E-state index contributed by atoms with van der Waals surface area (Å²) in [5, 5.41) is 9.50. The van der Waals surface area contributed by atoms with Crippen molar-refractivity contribution in [2.75, 3.05) is 13.7 Å². The van der Waals surface area contributed by atoms with Gasteiger partial charge in [-0.2, -0.15) is 0 Å². The van der Waals surface area contributed by atoms with Gasteiger partial charge in [-0.25, -0.2) is 9.97 Å². The average Bonchev–Trinajstić information content (AvgIpc) is 2.48. The Morgan fingerprint density at radius 3 is 2.75 bits per heavy atom. The fraction of sp³-hybridized carbons (Fsp3) is 0.286. The Balaban J connectivity index is 2.41. The van der Waals surface area contributed by atoms with Crippen molar-refractivity contribution in [3.63, 3.8) is 0 Å². The van der Waals surface area contributed by atoms with Gasteiger partial charge in [0.05, 0.1) is 17.8 Å². The van der Waals surface area contributed by atoms with Gasteiger partial charge in [0.2, 0.25) is 5.88 Å². The van der Waals surface area contributed by atoms with Crippen LogP contribution in [-0.4, -0.2) is 28.8 Å². The molecule has 0 amide bonds. The van der Waals surface area contributed by atoms with Gasteiger partial charge >= 0.3 is 0 Å². The Kier molecular flexibility index (Phi) is 5.17. The summed E-state index contributed by atoms with van der Waals surface area (Å²) in [7, 11) is 1.57. The molecular weight excluding hydrogens is 299 g/mol. The zero-order valence-corrected chi connectivity index (χ0v) is 12.4. The van der Waals surface area contributed by atoms with Crippen molar-refractivity contribution in [1.82, 2.24) is 9.97 Å². The normalized spacial score (nSPS) is 10.6. The molecule has 0 aromatic carbocycles. The van der Waals surface area contributed by atoms with E-state index in [0.29, 0.717) is 35.0 Å². The van der Waals surface area contributed by atoms with Gasteiger partial charge in [0.15, 0.2) is 0 Å². The number of aryl methyl sites for hydroxylation is 1. The summed E-state index contributed by atoms with van der Waals surface area (Å²) in [5.74, 6) is 0.528. The van der Waals surface area contributed by atoms with Gasteiger partial charge in [0.1, 0.15) is 5.15 Å². The molecule has 2 rings (SSSR count). The van der Waals surface area contributed by atoms with E-state index in [1.807, 2.05) is 12.1 Å². The maximum atomic E-state index is 8.89. The standard InChI is InChI=1S/C14H14Cl2N2O2/c1-20-14-9(3-2-8-19)4-5-11(18-14)10-6-7-17-13(16)12(10)15/h4-7,19H,2-3,8H2,1H3. The highest BCUT2D eigenvalue weighted by atomic mass is 35.5. The zero-order chi connectivity index (χ0) is 14.5. The molecule has 2 heterocycles. The number of halogens is 2. The second-order valence-electron chi connectivity index (χ2n) is 4.16. The lowest BCUT2D eigenvalue weighted by Crippen LogP contribution is -1.98. The summed E-state index contributed by atoms with van der Waals surface area (Å²) in [5.41, 5.74) is 2.32. The molecule has 0 saturated heterocycles. The van der Waals surface area contributed by atoms with Crippen LogP contribution in [-0.2, 0) is 6.42 Å². The quantitative estimate of drug-likeness (QED) is 0.860. The molecule has 2 aromatic rings. The molecule has 0 aliphatic carbocycles. The van der Waals surface area contributed by atoms with E-state index in [1.54, 1.807) is 19.4 Å². The molecule has 6 heteroatoms. The molecule has 0 spiro atoms. The number of ether oxygens (including phenoxy) is 1. The molecule has 0 radical (unpaired) electrons. The van der Waals surface area contributed by atoms with E-state index in [1.165, 1.54) is 0 Å². The number of methoxy groups -OCH3 is 1. The van der Waals surface area contributed by atoms with Gasteiger partial charge in [-0.05, 0) is 25.0 Å². The molecule has 20 heavy (non-hydrogen) atoms. The maximum absolute atomic E-state index is 8.89. The number of aliphatic hydroxyl groups excluding tert-OH is 1. The second-order valence-corrected chi connectivity index (χ2v) is 4.89. The lowest BCUT2D eigenvalue weighted by Gasteiger charge is -2.10. The average molecular weight is 313 g/mol. The third-order valence-corrected chi connectivity index (χ3v) is 3.63. The summed E-state index contributed by atoms with van der Waals surface area (Å²) in [4.78, 5) is 8.35. The first-order valence-corrected chi connectivity index (χ1v) is 6.88. The predicted octanol–water partition coefficient (Wildman–Crippen LogP) is 3.38. The van der Waals surface area contributed by atoms with E-state index in [4.69, 9.17) is 33.0 Å². The van der Waals surface area contributed by atoms with Crippen molar-refractivity contribution in [1.29, 1.82) is 0 Å². The van der Waals surface area contributed by atoms with Crippen molar-refractivity contribution in [2.24, 2.45) is 0 Å². The van der Waals surface area contributed by atoms with Crippen LogP contribution < -0.4 is 4.74 Å². The highest BCUT2D eigenvalue weighted by molar-refractivity contribution is 6.42. The van der Waals surface area contributed by atoms with Crippen LogP contribution in [0.5, 0.6) is 5.88 Å². The molecule has 0 saturated carbocycles. The summed E-state index contributed by atoms with van der Waals surface area (Å²) in [6.07, 6.45) is 2.95. The number of nitrogens with zero attached hydrogens (tertiary/aromatic N) is 2. The highest BCUT2D eigenvalue weighted by Gasteiger charge is 2.12. The van der Waals surface area contributed by atoms with Gasteiger partial charge in [0, 0.05) is 23.9 Å². The smallest absolute Gasteiger partial charge is 0.216 e. The molecular formula is C14H14Cl2N2O2. The minimum absolute atomic E-state index is 0.136. The molecule has 2 aromatic heterocycles. The van der Waals surface area contributed by atoms with Crippen molar-refractivity contribution in [3.8, 4) is 17.1 Å². The number of pyridine rings is 2. The Labute approximate surface area is 127 Å². The third kappa shape index (κ3) is 3.20. The van der Waals surface area contributed by atoms with Crippen LogP contribution in [0.4, 0.5) is 0 Å². The van der Waals surface area contributed by atoms with Gasteiger partial charge in [0.25, 0.3) is 0 Å². The Morgan fingerprint density at radius 2 is 2.05 bits per heavy atom. The van der Waals surface area contributed by atoms with Crippen molar-refractivity contribution < 1.29 is 9.84 Å². The largest absolute Gasteiger partial charge is 0.481 e. The lowest BCUT2D eigenvalue weighted by atomic mass is 10.1. The van der Waals surface area contributed by atoms with Gasteiger partial charge in [-0.1, -0.05) is 29.3 Å². The SMILES string of the molecule is COc1nc(-c2ccnc(Cl)c2Cl)ccc1CCCO. The zero-order valence-electron chi connectivity index (χ0n) is 10.9. The molecule has 106 valence electrons. The van der Waals surface area contributed by atoms with Crippen LogP contribution in [0.25, 0.3) is 11.3 Å². The summed E-state index contributed by atoms with van der Waals surface area (Å²) >= 11 is 12.0. The van der Waals surface area contributed by atoms with Crippen LogP contribution in [0, 0.1) is 0 Å². The van der Waals surface area contributed by atoms with Gasteiger partial charge in [-0.15, -0.1) is 0 Å². The molecule has 4 nitrogen and oxygen atoms in total. The molecule has 0 fully saturated rings. The monoisotopic (exact) mass is 312 g/mol. The third-order valence-electron chi connectivity index (χ3n) is 2.86. The van der Waals surface area contributed by atoms with Crippen LogP contribution in [0.2, 0.25) is 10.2 Å². The number of aliphatic hydroxyl groups is 1. The second kappa shape index (κ2) is 6.88. The maximum Gasteiger partial charge on any atom is 0.216 e. The first-order chi connectivity index (χ1) is 9.67. The van der Waals surface area contributed by atoms with Crippen LogP contribution >= 0.6 is 23.2 Å². The molecule has 0 unspecified atom stereocenters. The molecule has 0 aliphatic heterocycles. The summed E-state index contributed by atoms with van der Waals surface area (Å²) < 4.78 is 5.29. The molecule has 0 atom stereocenters. The first-order valence-electron chi connectivity index (χ1n) is 6.12. The van der Waals surface area contributed by atoms with E-state index < -0.39 is 0 Å². The van der Waals surface area contributed by atoms with E-state index in [2.05, 4.69) is 9.97 Å². The fourth-order valence-corrected chi connectivity index (χ4v) is 2.24. The van der Waals surface area contributed by atoms with Crippen LogP contribution in [0.3, 0.4) is 0 Å². The first kappa shape index (κ1) is 15.0. The van der Waals surface area contributed by atoms with Gasteiger partial charge < -0.3 is 9.84 Å². The van der Waals surface area contributed by atoms with Crippen molar-refractivity contribution >= 4 is 23.2 Å². The Hall–Kier alpha value is -1.36. The minimum atomic E-state index is 0.136. The highest BCUT2D eigenvalue weighted by Crippen LogP contribution is 2.32. The fourth-order valence-electron chi connectivity index (χ4n) is 1.87. The molecule has 0 aliphatic rings. The Bertz CT molecular complexity index is 606. The Morgan fingerprint density at radius 1 is 1.25 bits per heavy atom. The predicted molar refractivity (Wildman–Crippen MR) is 79.4 cm³/mol. The van der Waals surface area contributed by atoms with E-state index >= 15 is 0 Å². The number of hydrogen-bond acceptors (Lipinski definition) is 4. The lowest BCUT2D eigenvalue weighted by molar-refractivity contribution is 0.287. The van der Waals surface area contributed by atoms with E-state index in [0.717, 1.165) is 5.56 Å². The van der Waals surface area contributed by atoms with E-state index in [-0.39, 0.29) is 11.8 Å². The van der Waals surface area contributed by atoms with E-state index in [9.17, 15) is 0 Å². The van der Waals surface area contributed by atoms with Crippen molar-refractivity contribution in [2.45, 2.75) is 12.8 Å². The van der Waals surface area contributed by atoms with Crippen LogP contribution in [0.15, 0.2) is 24.4 Å². The summed E-state index contributed by atoms with van der Waals surface area (Å²) in [6, 6.07) is 5.53. The van der Waals surface area contributed by atoms with Crippen LogP contribution in [0.1, 0.15) is 12.0 Å². The number of aromatic nitrogens is 2. The number of rotatable bonds is 5. The summed E-state index contributed by atoms with van der Waals surface area (Å²) in [6.45, 7) is 0.136. The molecule has 0 bridgehead atoms. The number of hydrogen-bond donors (Lipinski definition) is 1. The van der Waals surface area contributed by atoms with Gasteiger partial charge in [-0.3, -0.25) is 0 Å². The van der Waals surface area contributed by atoms with Crippen molar-refractivity contribution in [3.05, 3.63) is 40.1 Å². The molecule has 1 N–H and O–H groups in total. The minimum Gasteiger partial charge on any atom is -0.481 e.